The lowest BCUT2D eigenvalue weighted by Gasteiger charge is -2.22. The summed E-state index contributed by atoms with van der Waals surface area (Å²) in [7, 11) is 0. The van der Waals surface area contributed by atoms with Gasteiger partial charge in [-0.15, -0.1) is 11.6 Å². The Kier molecular flexibility index (Phi) is 11.8. The minimum atomic E-state index is -1.28. The topological polar surface area (TPSA) is 151 Å². The zero-order chi connectivity index (χ0) is 23.4. The lowest BCUT2D eigenvalue weighted by molar-refractivity contribution is -0.132. The number of alkyl halides is 1. The molecule has 10 heteroatoms. The van der Waals surface area contributed by atoms with Crippen LogP contribution in [0.2, 0.25) is 0 Å². The SMILES string of the molecule is CC(C)C[C@H](NC(=O)[C@H](CO)NC(=O)CNC(=O)[C@@H](N)Cc1ccccc1)C(=O)CCl. The van der Waals surface area contributed by atoms with Gasteiger partial charge in [0.05, 0.1) is 31.1 Å². The summed E-state index contributed by atoms with van der Waals surface area (Å²) in [5.41, 5.74) is 6.74. The fourth-order valence-electron chi connectivity index (χ4n) is 2.81. The van der Waals surface area contributed by atoms with E-state index in [0.717, 1.165) is 5.56 Å². The van der Waals surface area contributed by atoms with E-state index in [-0.39, 0.29) is 17.6 Å². The number of hydrogen-bond donors (Lipinski definition) is 5. The zero-order valence-corrected chi connectivity index (χ0v) is 18.5. The van der Waals surface area contributed by atoms with Gasteiger partial charge in [0.2, 0.25) is 17.7 Å². The molecule has 172 valence electrons. The average molecular weight is 455 g/mol. The van der Waals surface area contributed by atoms with E-state index < -0.39 is 49.0 Å². The molecule has 0 aliphatic heterocycles. The molecule has 0 aliphatic rings. The molecule has 0 heterocycles. The number of carbonyl (C=O) groups is 4. The van der Waals surface area contributed by atoms with Gasteiger partial charge < -0.3 is 26.8 Å². The number of nitrogens with two attached hydrogens (primary N) is 1. The van der Waals surface area contributed by atoms with Crippen LogP contribution in [0.15, 0.2) is 30.3 Å². The molecule has 1 aromatic rings. The number of aliphatic hydroxyl groups excluding tert-OH is 1. The van der Waals surface area contributed by atoms with Gasteiger partial charge in [0.15, 0.2) is 5.78 Å². The van der Waals surface area contributed by atoms with Crippen LogP contribution in [-0.4, -0.2) is 65.8 Å². The van der Waals surface area contributed by atoms with Gasteiger partial charge in [-0.25, -0.2) is 0 Å². The van der Waals surface area contributed by atoms with Crippen molar-refractivity contribution in [2.24, 2.45) is 11.7 Å². The number of carbonyl (C=O) groups excluding carboxylic acids is 4. The number of amides is 3. The quantitative estimate of drug-likeness (QED) is 0.253. The second-order valence-corrected chi connectivity index (χ2v) is 7.87. The molecule has 0 saturated carbocycles. The zero-order valence-electron chi connectivity index (χ0n) is 17.8. The molecule has 31 heavy (non-hydrogen) atoms. The number of rotatable bonds is 13. The number of ketones is 1. The third kappa shape index (κ3) is 9.91. The maximum atomic E-state index is 12.4. The van der Waals surface area contributed by atoms with E-state index in [2.05, 4.69) is 16.0 Å². The fraction of sp³-hybridized carbons (Fsp3) is 0.524. The van der Waals surface area contributed by atoms with E-state index in [9.17, 15) is 24.3 Å². The molecule has 1 rings (SSSR count). The van der Waals surface area contributed by atoms with Crippen LogP contribution in [0.4, 0.5) is 0 Å². The van der Waals surface area contributed by atoms with Crippen molar-refractivity contribution in [3.8, 4) is 0 Å². The average Bonchev–Trinajstić information content (AvgIpc) is 2.74. The van der Waals surface area contributed by atoms with Gasteiger partial charge in [-0.05, 0) is 24.3 Å². The van der Waals surface area contributed by atoms with Gasteiger partial charge in [-0.3, -0.25) is 19.2 Å². The summed E-state index contributed by atoms with van der Waals surface area (Å²) in [4.78, 5) is 48.5. The molecular formula is C21H31ClN4O5. The van der Waals surface area contributed by atoms with Gasteiger partial charge in [-0.1, -0.05) is 44.2 Å². The number of Topliss-reactive ketones (excluding diaryl/α,β-unsaturated/α-hetero) is 1. The monoisotopic (exact) mass is 454 g/mol. The Hall–Kier alpha value is -2.49. The first kappa shape index (κ1) is 26.5. The van der Waals surface area contributed by atoms with Crippen molar-refractivity contribution in [3.63, 3.8) is 0 Å². The highest BCUT2D eigenvalue weighted by Gasteiger charge is 2.26. The van der Waals surface area contributed by atoms with Gasteiger partial charge >= 0.3 is 0 Å². The molecule has 0 aliphatic carbocycles. The Balaban J connectivity index is 2.54. The Bertz CT molecular complexity index is 745. The van der Waals surface area contributed by atoms with Crippen molar-refractivity contribution in [1.82, 2.24) is 16.0 Å². The lowest BCUT2D eigenvalue weighted by atomic mass is 10.0. The van der Waals surface area contributed by atoms with E-state index in [0.29, 0.717) is 12.8 Å². The first-order valence-electron chi connectivity index (χ1n) is 10.0. The summed E-state index contributed by atoms with van der Waals surface area (Å²) in [5, 5.41) is 16.7. The van der Waals surface area contributed by atoms with Crippen molar-refractivity contribution < 1.29 is 24.3 Å². The van der Waals surface area contributed by atoms with Crippen LogP contribution in [0.5, 0.6) is 0 Å². The van der Waals surface area contributed by atoms with Gasteiger partial charge in [0, 0.05) is 0 Å². The van der Waals surface area contributed by atoms with E-state index >= 15 is 0 Å². The van der Waals surface area contributed by atoms with E-state index in [4.69, 9.17) is 17.3 Å². The summed E-state index contributed by atoms with van der Waals surface area (Å²) in [5.74, 6) is -2.41. The predicted molar refractivity (Wildman–Crippen MR) is 117 cm³/mol. The summed E-state index contributed by atoms with van der Waals surface area (Å²) in [6.07, 6.45) is 0.681. The lowest BCUT2D eigenvalue weighted by Crippen LogP contribution is -2.55. The molecule has 0 spiro atoms. The van der Waals surface area contributed by atoms with Crippen molar-refractivity contribution in [2.45, 2.75) is 44.8 Å². The molecule has 0 fully saturated rings. The highest BCUT2D eigenvalue weighted by Crippen LogP contribution is 2.07. The molecule has 3 atom stereocenters. The van der Waals surface area contributed by atoms with Gasteiger partial charge in [0.1, 0.15) is 6.04 Å². The summed E-state index contributed by atoms with van der Waals surface area (Å²) in [6, 6.07) is 6.26. The molecule has 0 radical (unpaired) electrons. The smallest absolute Gasteiger partial charge is 0.245 e. The van der Waals surface area contributed by atoms with Crippen molar-refractivity contribution >= 4 is 35.1 Å². The first-order valence-corrected chi connectivity index (χ1v) is 10.6. The fourth-order valence-corrected chi connectivity index (χ4v) is 2.99. The van der Waals surface area contributed by atoms with Crippen molar-refractivity contribution in [1.29, 1.82) is 0 Å². The van der Waals surface area contributed by atoms with Crippen LogP contribution >= 0.6 is 11.6 Å². The minimum Gasteiger partial charge on any atom is -0.394 e. The number of aliphatic hydroxyl groups is 1. The number of halogens is 1. The largest absolute Gasteiger partial charge is 0.394 e. The standard InChI is InChI=1S/C21H31ClN4O5/c1-13(2)8-16(18(28)10-22)26-21(31)17(12-27)25-19(29)11-24-20(30)15(23)9-14-6-4-3-5-7-14/h3-7,13,15-17,27H,8-12,23H2,1-2H3,(H,24,30)(H,25,29)(H,26,31)/t15-,16-,17-/m0/s1. The van der Waals surface area contributed by atoms with E-state index in [1.54, 1.807) is 0 Å². The third-order valence-corrected chi connectivity index (χ3v) is 4.70. The molecule has 0 bridgehead atoms. The molecule has 0 aromatic heterocycles. The maximum Gasteiger partial charge on any atom is 0.245 e. The highest BCUT2D eigenvalue weighted by molar-refractivity contribution is 6.28. The van der Waals surface area contributed by atoms with Gasteiger partial charge in [-0.2, -0.15) is 0 Å². The van der Waals surface area contributed by atoms with Gasteiger partial charge in [0.25, 0.3) is 0 Å². The summed E-state index contributed by atoms with van der Waals surface area (Å²) >= 11 is 5.59. The van der Waals surface area contributed by atoms with Crippen LogP contribution in [-0.2, 0) is 25.6 Å². The minimum absolute atomic E-state index is 0.120. The Morgan fingerprint density at radius 1 is 1.03 bits per heavy atom. The molecule has 9 nitrogen and oxygen atoms in total. The van der Waals surface area contributed by atoms with E-state index in [1.165, 1.54) is 0 Å². The highest BCUT2D eigenvalue weighted by atomic mass is 35.5. The Labute approximate surface area is 187 Å². The maximum absolute atomic E-state index is 12.4. The molecule has 0 unspecified atom stereocenters. The van der Waals surface area contributed by atoms with Crippen LogP contribution in [0.1, 0.15) is 25.8 Å². The molecule has 0 saturated heterocycles. The summed E-state index contributed by atoms with van der Waals surface area (Å²) < 4.78 is 0. The van der Waals surface area contributed by atoms with Crippen LogP contribution in [0.25, 0.3) is 0 Å². The van der Waals surface area contributed by atoms with Crippen LogP contribution in [0.3, 0.4) is 0 Å². The molecule has 6 N–H and O–H groups in total. The Morgan fingerprint density at radius 2 is 1.68 bits per heavy atom. The molecular weight excluding hydrogens is 424 g/mol. The van der Waals surface area contributed by atoms with Crippen LogP contribution in [0, 0.1) is 5.92 Å². The third-order valence-electron chi connectivity index (χ3n) is 4.44. The number of nitrogens with one attached hydrogen (secondary N) is 3. The molecule has 1 aromatic carbocycles. The number of benzene rings is 1. The number of hydrogen-bond acceptors (Lipinski definition) is 6. The second kappa shape index (κ2) is 13.7. The Morgan fingerprint density at radius 3 is 2.23 bits per heavy atom. The van der Waals surface area contributed by atoms with Crippen molar-refractivity contribution in [2.75, 3.05) is 19.0 Å². The first-order chi connectivity index (χ1) is 14.7. The summed E-state index contributed by atoms with van der Waals surface area (Å²) in [6.45, 7) is 2.68. The normalized spacial score (nSPS) is 13.7. The van der Waals surface area contributed by atoms with Crippen LogP contribution < -0.4 is 21.7 Å². The van der Waals surface area contributed by atoms with Crippen molar-refractivity contribution in [3.05, 3.63) is 35.9 Å². The predicted octanol–water partition coefficient (Wildman–Crippen LogP) is -0.511. The molecule has 3 amide bonds. The van der Waals surface area contributed by atoms with E-state index in [1.807, 2.05) is 44.2 Å². The second-order valence-electron chi connectivity index (χ2n) is 7.61.